The van der Waals surface area contributed by atoms with Crippen molar-refractivity contribution in [2.75, 3.05) is 39.5 Å². The summed E-state index contributed by atoms with van der Waals surface area (Å²) in [5.41, 5.74) is 6.00. The number of halogens is 5. The van der Waals surface area contributed by atoms with Gasteiger partial charge < -0.3 is 24.2 Å². The van der Waals surface area contributed by atoms with E-state index in [2.05, 4.69) is 4.98 Å². The molecule has 3 heterocycles. The maximum absolute atomic E-state index is 16.1. The van der Waals surface area contributed by atoms with Crippen LogP contribution in [0, 0.1) is 29.9 Å². The van der Waals surface area contributed by atoms with Crippen LogP contribution in [0.2, 0.25) is 0 Å². The van der Waals surface area contributed by atoms with Crippen LogP contribution in [-0.4, -0.2) is 107 Å². The second-order valence-corrected chi connectivity index (χ2v) is 22.3. The van der Waals surface area contributed by atoms with Crippen LogP contribution in [0.5, 0.6) is 5.75 Å². The molecule has 2 aliphatic heterocycles. The van der Waals surface area contributed by atoms with Gasteiger partial charge >= 0.3 is 6.11 Å². The maximum atomic E-state index is 16.1. The predicted molar refractivity (Wildman–Crippen MR) is 268 cm³/mol. The van der Waals surface area contributed by atoms with Gasteiger partial charge in [0.1, 0.15) is 23.1 Å². The van der Waals surface area contributed by atoms with Gasteiger partial charge in [-0.05, 0) is 98.1 Å². The molecule has 1 N–H and O–H groups in total. The zero-order valence-electron chi connectivity index (χ0n) is 42.5. The molecular formula is C56H68F5N3O7S. The van der Waals surface area contributed by atoms with Crippen LogP contribution in [0.4, 0.5) is 22.0 Å². The molecule has 1 aromatic heterocycles. The van der Waals surface area contributed by atoms with Crippen LogP contribution < -0.4 is 4.74 Å². The highest BCUT2D eigenvalue weighted by atomic mass is 32.1. The van der Waals surface area contributed by atoms with Gasteiger partial charge in [-0.1, -0.05) is 76.2 Å². The minimum absolute atomic E-state index is 0.00379. The number of unbranched alkanes of at least 4 members (excludes halogenated alkanes) is 1. The lowest BCUT2D eigenvalue weighted by Crippen LogP contribution is -2.48. The van der Waals surface area contributed by atoms with Crippen LogP contribution in [0.15, 0.2) is 71.7 Å². The van der Waals surface area contributed by atoms with Crippen molar-refractivity contribution >= 4 is 34.4 Å². The summed E-state index contributed by atoms with van der Waals surface area (Å²) < 4.78 is 93.6. The number of Topliss-reactive ketones (excluding diaryl/α,β-unsaturated/α-hetero) is 2. The molecule has 4 aromatic rings. The summed E-state index contributed by atoms with van der Waals surface area (Å²) in [6.45, 7) is 12.8. The largest absolute Gasteiger partial charge is 0.493 e. The Morgan fingerprint density at radius 1 is 0.917 bits per heavy atom. The number of ketones is 2. The normalized spacial score (nSPS) is 20.4. The first-order valence-corrected chi connectivity index (χ1v) is 25.8. The van der Waals surface area contributed by atoms with Gasteiger partial charge in [0.05, 0.1) is 60.0 Å². The predicted octanol–water partition coefficient (Wildman–Crippen LogP) is 11.4. The third-order valence-electron chi connectivity index (χ3n) is 14.2. The fourth-order valence-electron chi connectivity index (χ4n) is 10.4. The van der Waals surface area contributed by atoms with E-state index in [1.165, 1.54) is 18.7 Å². The van der Waals surface area contributed by atoms with E-state index < -0.39 is 77.7 Å². The lowest BCUT2D eigenvalue weighted by Gasteiger charge is -2.44. The van der Waals surface area contributed by atoms with Crippen molar-refractivity contribution in [1.82, 2.24) is 14.8 Å². The van der Waals surface area contributed by atoms with E-state index in [4.69, 9.17) is 14.2 Å². The molecule has 1 saturated heterocycles. The Morgan fingerprint density at radius 2 is 1.60 bits per heavy atom. The van der Waals surface area contributed by atoms with Gasteiger partial charge in [0, 0.05) is 62.7 Å². The van der Waals surface area contributed by atoms with Crippen molar-refractivity contribution < 1.29 is 55.7 Å². The van der Waals surface area contributed by atoms with Gasteiger partial charge in [-0.2, -0.15) is 8.78 Å². The summed E-state index contributed by atoms with van der Waals surface area (Å²) >= 11 is 1.54. The molecule has 16 heteroatoms. The van der Waals surface area contributed by atoms with E-state index in [0.717, 1.165) is 56.1 Å². The van der Waals surface area contributed by atoms with Crippen LogP contribution in [0.3, 0.4) is 0 Å². The molecule has 0 radical (unpaired) electrons. The van der Waals surface area contributed by atoms with Gasteiger partial charge in [-0.25, -0.2) is 18.2 Å². The smallest absolute Gasteiger partial charge is 0.416 e. The lowest BCUT2D eigenvalue weighted by molar-refractivity contribution is -0.233. The van der Waals surface area contributed by atoms with Crippen LogP contribution in [0.1, 0.15) is 127 Å². The number of fused-ring (bicyclic) bond motifs is 2. The first-order chi connectivity index (χ1) is 33.9. The number of hydrogen-bond donors (Lipinski definition) is 1. The van der Waals surface area contributed by atoms with E-state index in [-0.39, 0.29) is 74.8 Å². The monoisotopic (exact) mass is 1020 g/mol. The second-order valence-electron chi connectivity index (χ2n) is 21.4. The van der Waals surface area contributed by atoms with Crippen molar-refractivity contribution in [2.24, 2.45) is 11.3 Å². The zero-order chi connectivity index (χ0) is 52.3. The molecule has 0 bridgehead atoms. The minimum atomic E-state index is -4.23. The molecule has 1 amide bonds. The Labute approximate surface area is 423 Å². The number of β-amino-alcohol motifs (C(OH)–C–C–N with tert-alkyl or cyclic N) is 1. The van der Waals surface area contributed by atoms with Crippen molar-refractivity contribution in [3.8, 4) is 16.2 Å². The molecule has 7 rings (SSSR count). The van der Waals surface area contributed by atoms with E-state index in [0.29, 0.717) is 25.7 Å². The summed E-state index contributed by atoms with van der Waals surface area (Å²) in [6, 6.07) is 16.1. The summed E-state index contributed by atoms with van der Waals surface area (Å²) in [5.74, 6) is -5.57. The topological polar surface area (TPSA) is 118 Å². The molecule has 72 heavy (non-hydrogen) atoms. The van der Waals surface area contributed by atoms with Gasteiger partial charge in [0.25, 0.3) is 0 Å². The highest BCUT2D eigenvalue weighted by Gasteiger charge is 2.49. The minimum Gasteiger partial charge on any atom is -0.493 e. The molecule has 1 aliphatic carbocycles. The average molecular weight is 1020 g/mol. The molecule has 0 unspecified atom stereocenters. The number of carbonyl (C=O) groups is 3. The summed E-state index contributed by atoms with van der Waals surface area (Å²) in [4.78, 5) is 49.4. The number of hydrogen-bond acceptors (Lipinski definition) is 10. The second kappa shape index (κ2) is 22.7. The van der Waals surface area contributed by atoms with Crippen LogP contribution in [-0.2, 0) is 30.3 Å². The number of aryl methyl sites for hydroxylation is 1. The number of carbonyl (C=O) groups excluding carboxylic acids is 3. The van der Waals surface area contributed by atoms with Crippen molar-refractivity contribution in [1.29, 1.82) is 0 Å². The molecule has 0 spiro atoms. The third-order valence-corrected chi connectivity index (χ3v) is 15.1. The number of ether oxygens (including phenoxy) is 3. The molecule has 0 saturated carbocycles. The first-order valence-electron chi connectivity index (χ1n) is 24.9. The Hall–Kier alpha value is -4.87. The number of amides is 1. The number of rotatable bonds is 22. The standard InChI is InChI=1S/C56H68F5N3O7S/c1-33(36-15-17-37(18-16-36)52-35(3)62-32-72-52)23-48(66)47-26-39(65)30-63(47)53(68)44(54(4,5)6)29-49(67)56(60,61)71-22-21-69-19-11-12-20-70-40-27-45(57)50(46(58)28-40)51-43-25-38-13-9-10-14-41(38)42(43)24-34(2)64(51)31-55(7,8)59/h9-10,13-18,27-28,32-34,39,44,47,51,65H,11-12,19-26,29-31H2,1-8H3/t33-,34-,39-,44-,47+,51+/m1/s1. The van der Waals surface area contributed by atoms with Crippen molar-refractivity contribution in [3.63, 3.8) is 0 Å². The quantitative estimate of drug-likeness (QED) is 0.0606. The number of aliphatic hydroxyl groups excluding tert-OH is 1. The highest BCUT2D eigenvalue weighted by Crippen LogP contribution is 2.50. The first kappa shape index (κ1) is 54.9. The van der Waals surface area contributed by atoms with E-state index >= 15 is 22.0 Å². The Kier molecular flexibility index (Phi) is 17.3. The summed E-state index contributed by atoms with van der Waals surface area (Å²) in [7, 11) is 0. The molecular weight excluding hydrogens is 954 g/mol. The van der Waals surface area contributed by atoms with Crippen LogP contribution in [0.25, 0.3) is 16.0 Å². The van der Waals surface area contributed by atoms with E-state index in [1.54, 1.807) is 37.6 Å². The summed E-state index contributed by atoms with van der Waals surface area (Å²) in [5, 5.41) is 10.6. The number of likely N-dealkylation sites (tertiary alicyclic amines) is 1. The van der Waals surface area contributed by atoms with Crippen LogP contribution >= 0.6 is 11.3 Å². The lowest BCUT2D eigenvalue weighted by atomic mass is 9.76. The molecule has 10 nitrogen and oxygen atoms in total. The fraction of sp³-hybridized carbons (Fsp3) is 0.536. The van der Waals surface area contributed by atoms with Gasteiger partial charge in [-0.3, -0.25) is 19.3 Å². The SMILES string of the molecule is Cc1ncsc1-c1ccc([C@H](C)CC(=O)[C@@H]2C[C@@H](O)CN2C(=O)[C@@H](CC(=O)C(F)(F)OCCOCCCCOc2cc(F)c([C@@H]3C4=C(C[C@@H](C)N3CC(C)(C)F)c3ccccc3C4)c(F)c2)C(C)(C)C)cc1. The Balaban J connectivity index is 0.858. The number of thiazole rings is 1. The van der Waals surface area contributed by atoms with Gasteiger partial charge in [0.2, 0.25) is 11.7 Å². The fourth-order valence-corrected chi connectivity index (χ4v) is 11.2. The average Bonchev–Trinajstić information content (AvgIpc) is 4.03. The summed E-state index contributed by atoms with van der Waals surface area (Å²) in [6.07, 6.45) is -4.03. The molecule has 390 valence electrons. The molecule has 3 aromatic carbocycles. The highest BCUT2D eigenvalue weighted by molar-refractivity contribution is 7.13. The number of aliphatic hydroxyl groups is 1. The maximum Gasteiger partial charge on any atom is 0.416 e. The number of nitrogens with zero attached hydrogens (tertiary/aromatic N) is 3. The van der Waals surface area contributed by atoms with Crippen molar-refractivity contribution in [3.05, 3.63) is 111 Å². The number of alkyl halides is 3. The van der Waals surface area contributed by atoms with E-state index in [1.807, 2.05) is 74.2 Å². The third kappa shape index (κ3) is 12.9. The van der Waals surface area contributed by atoms with Crippen molar-refractivity contribution in [2.45, 2.75) is 142 Å². The molecule has 6 atom stereocenters. The van der Waals surface area contributed by atoms with E-state index in [9.17, 15) is 19.5 Å². The van der Waals surface area contributed by atoms with Gasteiger partial charge in [0.15, 0.2) is 5.78 Å². The Bertz CT molecular complexity index is 2580. The number of benzene rings is 3. The zero-order valence-corrected chi connectivity index (χ0v) is 43.4. The van der Waals surface area contributed by atoms with Gasteiger partial charge in [-0.15, -0.1) is 11.3 Å². The number of aromatic nitrogens is 1. The molecule has 1 fully saturated rings. The molecule has 3 aliphatic rings. The Morgan fingerprint density at radius 3 is 2.25 bits per heavy atom.